The molecule has 1 aromatic rings. The second-order valence-electron chi connectivity index (χ2n) is 4.54. The number of nitrogens with two attached hydrogens (primary N) is 1. The number of hydrogen-bond acceptors (Lipinski definition) is 4. The lowest BCUT2D eigenvalue weighted by molar-refractivity contribution is -0.117. The van der Waals surface area contributed by atoms with Gasteiger partial charge in [0.1, 0.15) is 0 Å². The Labute approximate surface area is 109 Å². The molecule has 0 saturated carbocycles. The number of phenols is 1. The first-order chi connectivity index (χ1) is 8.76. The van der Waals surface area contributed by atoms with Crippen molar-refractivity contribution >= 4 is 21.6 Å². The van der Waals surface area contributed by atoms with E-state index in [2.05, 4.69) is 0 Å². The van der Waals surface area contributed by atoms with Crippen molar-refractivity contribution in [2.75, 3.05) is 17.2 Å². The Morgan fingerprint density at radius 1 is 1.47 bits per heavy atom. The summed E-state index contributed by atoms with van der Waals surface area (Å²) in [5.41, 5.74) is 0.289. The van der Waals surface area contributed by atoms with E-state index in [0.717, 1.165) is 12.1 Å². The minimum Gasteiger partial charge on any atom is -0.505 e. The molecule has 0 aromatic heterocycles. The van der Waals surface area contributed by atoms with E-state index < -0.39 is 27.5 Å². The van der Waals surface area contributed by atoms with Crippen LogP contribution in [0.5, 0.6) is 5.75 Å². The van der Waals surface area contributed by atoms with E-state index in [1.807, 2.05) is 0 Å². The number of benzene rings is 1. The lowest BCUT2D eigenvalue weighted by Gasteiger charge is -2.16. The molecule has 0 bridgehead atoms. The highest BCUT2D eigenvalue weighted by Gasteiger charge is 2.33. The number of anilines is 1. The van der Waals surface area contributed by atoms with E-state index in [9.17, 15) is 17.6 Å². The van der Waals surface area contributed by atoms with Gasteiger partial charge in [0, 0.05) is 30.6 Å². The lowest BCUT2D eigenvalue weighted by atomic mass is 10.1. The molecule has 2 rings (SSSR count). The van der Waals surface area contributed by atoms with Crippen molar-refractivity contribution in [3.63, 3.8) is 0 Å². The lowest BCUT2D eigenvalue weighted by Crippen LogP contribution is -2.27. The molecule has 0 aliphatic carbocycles. The predicted octanol–water partition coefficient (Wildman–Crippen LogP) is 0.173. The van der Waals surface area contributed by atoms with Crippen LogP contribution < -0.4 is 10.0 Å². The topological polar surface area (TPSA) is 101 Å². The Balaban J connectivity index is 2.18. The first-order valence-corrected chi connectivity index (χ1v) is 7.27. The van der Waals surface area contributed by atoms with Crippen molar-refractivity contribution in [2.45, 2.75) is 6.42 Å². The van der Waals surface area contributed by atoms with Gasteiger partial charge >= 0.3 is 0 Å². The maximum Gasteiger partial charge on any atom is 0.227 e. The Kier molecular flexibility index (Phi) is 3.46. The van der Waals surface area contributed by atoms with Crippen LogP contribution in [0.4, 0.5) is 10.1 Å². The largest absolute Gasteiger partial charge is 0.505 e. The van der Waals surface area contributed by atoms with Gasteiger partial charge in [0.25, 0.3) is 0 Å². The van der Waals surface area contributed by atoms with Gasteiger partial charge in [-0.15, -0.1) is 0 Å². The second-order valence-corrected chi connectivity index (χ2v) is 6.20. The molecule has 3 N–H and O–H groups in total. The molecule has 1 aliphatic rings. The monoisotopic (exact) mass is 288 g/mol. The molecule has 1 saturated heterocycles. The third kappa shape index (κ3) is 3.21. The maximum absolute atomic E-state index is 13.2. The average molecular weight is 288 g/mol. The zero-order valence-corrected chi connectivity index (χ0v) is 10.7. The first kappa shape index (κ1) is 13.8. The van der Waals surface area contributed by atoms with Crippen molar-refractivity contribution in [1.29, 1.82) is 0 Å². The molecule has 104 valence electrons. The summed E-state index contributed by atoms with van der Waals surface area (Å²) in [6.07, 6.45) is 0.0545. The van der Waals surface area contributed by atoms with Crippen LogP contribution in [0.1, 0.15) is 6.42 Å². The van der Waals surface area contributed by atoms with E-state index in [0.29, 0.717) is 0 Å². The number of phenolic OH excluding ortho intramolecular Hbond substituents is 1. The molecular weight excluding hydrogens is 275 g/mol. The van der Waals surface area contributed by atoms with Crippen LogP contribution in [0, 0.1) is 11.7 Å². The summed E-state index contributed by atoms with van der Waals surface area (Å²) in [6, 6.07) is 3.58. The first-order valence-electron chi connectivity index (χ1n) is 5.55. The third-order valence-corrected chi connectivity index (χ3v) is 3.85. The number of primary sulfonamides is 1. The zero-order valence-electron chi connectivity index (χ0n) is 9.91. The van der Waals surface area contributed by atoms with Crippen LogP contribution in [0.2, 0.25) is 0 Å². The van der Waals surface area contributed by atoms with Crippen LogP contribution in [0.25, 0.3) is 0 Å². The van der Waals surface area contributed by atoms with E-state index in [1.165, 1.54) is 11.0 Å². The molecule has 0 radical (unpaired) electrons. The minimum atomic E-state index is -3.64. The molecular formula is C11H13FN2O4S. The van der Waals surface area contributed by atoms with Crippen molar-refractivity contribution in [3.05, 3.63) is 24.0 Å². The number of rotatable bonds is 3. The molecule has 1 aromatic carbocycles. The maximum atomic E-state index is 13.2. The average Bonchev–Trinajstić information content (AvgIpc) is 2.61. The number of carbonyl (C=O) groups is 1. The summed E-state index contributed by atoms with van der Waals surface area (Å²) < 4.78 is 35.2. The van der Waals surface area contributed by atoms with Gasteiger partial charge in [0.15, 0.2) is 11.6 Å². The SMILES string of the molecule is NS(=O)(=O)CC1CC(=O)N(c2ccc(O)c(F)c2)C1. The molecule has 8 heteroatoms. The highest BCUT2D eigenvalue weighted by molar-refractivity contribution is 7.89. The summed E-state index contributed by atoms with van der Waals surface area (Å²) in [4.78, 5) is 13.1. The summed E-state index contributed by atoms with van der Waals surface area (Å²) in [7, 11) is -3.64. The fraction of sp³-hybridized carbons (Fsp3) is 0.364. The van der Waals surface area contributed by atoms with Gasteiger partial charge in [-0.05, 0) is 12.1 Å². The number of halogens is 1. The van der Waals surface area contributed by atoms with Gasteiger partial charge < -0.3 is 10.0 Å². The fourth-order valence-corrected chi connectivity index (χ4v) is 3.02. The Morgan fingerprint density at radius 3 is 2.74 bits per heavy atom. The molecule has 1 heterocycles. The van der Waals surface area contributed by atoms with Crippen LogP contribution >= 0.6 is 0 Å². The van der Waals surface area contributed by atoms with Crippen molar-refractivity contribution in [2.24, 2.45) is 11.1 Å². The number of sulfonamides is 1. The van der Waals surface area contributed by atoms with Gasteiger partial charge in [0.2, 0.25) is 15.9 Å². The van der Waals surface area contributed by atoms with Gasteiger partial charge in [-0.3, -0.25) is 4.79 Å². The van der Waals surface area contributed by atoms with Crippen molar-refractivity contribution in [1.82, 2.24) is 0 Å². The second kappa shape index (κ2) is 4.78. The fourth-order valence-electron chi connectivity index (χ4n) is 2.13. The molecule has 1 fully saturated rings. The summed E-state index contributed by atoms with van der Waals surface area (Å²) in [5, 5.41) is 14.0. The zero-order chi connectivity index (χ0) is 14.2. The molecule has 1 atom stereocenters. The van der Waals surface area contributed by atoms with Gasteiger partial charge in [-0.1, -0.05) is 0 Å². The van der Waals surface area contributed by atoms with Gasteiger partial charge in [-0.25, -0.2) is 17.9 Å². The number of aromatic hydroxyl groups is 1. The van der Waals surface area contributed by atoms with Crippen LogP contribution in [-0.2, 0) is 14.8 Å². The quantitative estimate of drug-likeness (QED) is 0.828. The Hall–Kier alpha value is -1.67. The smallest absolute Gasteiger partial charge is 0.227 e. The number of amides is 1. The van der Waals surface area contributed by atoms with Crippen LogP contribution in [0.15, 0.2) is 18.2 Å². The molecule has 19 heavy (non-hydrogen) atoms. The number of hydrogen-bond donors (Lipinski definition) is 2. The Bertz CT molecular complexity index is 617. The highest BCUT2D eigenvalue weighted by Crippen LogP contribution is 2.28. The van der Waals surface area contributed by atoms with Crippen LogP contribution in [-0.4, -0.2) is 31.7 Å². The minimum absolute atomic E-state index is 0.0545. The number of nitrogens with zero attached hydrogens (tertiary/aromatic N) is 1. The predicted molar refractivity (Wildman–Crippen MR) is 66.5 cm³/mol. The molecule has 0 spiro atoms. The molecule has 1 amide bonds. The van der Waals surface area contributed by atoms with Crippen molar-refractivity contribution in [3.8, 4) is 5.75 Å². The van der Waals surface area contributed by atoms with E-state index in [-0.39, 0.29) is 30.3 Å². The van der Waals surface area contributed by atoms with Crippen LogP contribution in [0.3, 0.4) is 0 Å². The molecule has 1 unspecified atom stereocenters. The van der Waals surface area contributed by atoms with E-state index in [1.54, 1.807) is 0 Å². The summed E-state index contributed by atoms with van der Waals surface area (Å²) >= 11 is 0. The summed E-state index contributed by atoms with van der Waals surface area (Å²) in [5.74, 6) is -2.31. The Morgan fingerprint density at radius 2 is 2.16 bits per heavy atom. The van der Waals surface area contributed by atoms with Gasteiger partial charge in [-0.2, -0.15) is 0 Å². The third-order valence-electron chi connectivity index (χ3n) is 2.92. The van der Waals surface area contributed by atoms with Gasteiger partial charge in [0.05, 0.1) is 5.75 Å². The van der Waals surface area contributed by atoms with E-state index >= 15 is 0 Å². The molecule has 6 nitrogen and oxygen atoms in total. The standard InChI is InChI=1S/C11H13FN2O4S/c12-9-4-8(1-2-10(9)15)14-5-7(3-11(14)16)6-19(13,17)18/h1-2,4,7,15H,3,5-6H2,(H2,13,17,18). The molecule has 1 aliphatic heterocycles. The summed E-state index contributed by atoms with van der Waals surface area (Å²) in [6.45, 7) is 0.166. The normalized spacial score (nSPS) is 20.0. The number of carbonyl (C=O) groups excluding carboxylic acids is 1. The van der Waals surface area contributed by atoms with Crippen molar-refractivity contribution < 1.29 is 22.7 Å². The van der Waals surface area contributed by atoms with E-state index in [4.69, 9.17) is 10.2 Å². The highest BCUT2D eigenvalue weighted by atomic mass is 32.2.